The first-order chi connectivity index (χ1) is 19.6. The molecule has 246 valence electrons. The molecule has 0 bridgehead atoms. The van der Waals surface area contributed by atoms with E-state index in [0.29, 0.717) is 5.75 Å². The number of unbranched alkanes of at least 4 members (excludes halogenated alkanes) is 12. The summed E-state index contributed by atoms with van der Waals surface area (Å²) < 4.78 is 20.6. The number of hydrogen-bond donors (Lipinski definition) is 2. The van der Waals surface area contributed by atoms with E-state index in [-0.39, 0.29) is 17.0 Å². The standard InChI is InChI=1S/C37H69O4P/c1-10-13-16-19-20-21-24-27-37(25-22-17-14-11-2,26-23-18-15-12-3)41-42(39,40)30-31-28-32(35(4,5)6)34(38)33(29-31)36(7,8)9/h28-29,38H,10-27,30H2,1-9H3,(H,39,40). The van der Waals surface area contributed by atoms with Crippen LogP contribution < -0.4 is 0 Å². The minimum Gasteiger partial charge on any atom is -0.507 e. The van der Waals surface area contributed by atoms with E-state index in [0.717, 1.165) is 74.5 Å². The van der Waals surface area contributed by atoms with E-state index >= 15 is 0 Å². The maximum Gasteiger partial charge on any atom is 0.333 e. The van der Waals surface area contributed by atoms with Gasteiger partial charge in [-0.05, 0) is 46.8 Å². The highest BCUT2D eigenvalue weighted by Gasteiger charge is 2.38. The zero-order valence-electron chi connectivity index (χ0n) is 29.2. The second-order valence-electron chi connectivity index (χ2n) is 15.1. The number of hydrogen-bond acceptors (Lipinski definition) is 3. The lowest BCUT2D eigenvalue weighted by molar-refractivity contribution is 0.0225. The van der Waals surface area contributed by atoms with Crippen molar-refractivity contribution in [3.63, 3.8) is 0 Å². The lowest BCUT2D eigenvalue weighted by atomic mass is 9.78. The molecule has 1 rings (SSSR count). The maximum atomic E-state index is 14.1. The van der Waals surface area contributed by atoms with Crippen LogP contribution in [-0.2, 0) is 26.1 Å². The van der Waals surface area contributed by atoms with Crippen molar-refractivity contribution < 1.29 is 19.1 Å². The van der Waals surface area contributed by atoms with Gasteiger partial charge < -0.3 is 14.5 Å². The van der Waals surface area contributed by atoms with Gasteiger partial charge in [0.1, 0.15) is 5.75 Å². The van der Waals surface area contributed by atoms with Crippen LogP contribution in [0.5, 0.6) is 5.75 Å². The first-order valence-corrected chi connectivity index (χ1v) is 19.3. The van der Waals surface area contributed by atoms with Crippen molar-refractivity contribution in [3.05, 3.63) is 28.8 Å². The second kappa shape index (κ2) is 18.9. The summed E-state index contributed by atoms with van der Waals surface area (Å²) in [6, 6.07) is 3.86. The summed E-state index contributed by atoms with van der Waals surface area (Å²) in [6.07, 6.45) is 20.2. The molecule has 1 aromatic rings. The van der Waals surface area contributed by atoms with Crippen molar-refractivity contribution in [1.82, 2.24) is 0 Å². The quantitative estimate of drug-likeness (QED) is 0.101. The molecule has 0 amide bonds. The van der Waals surface area contributed by atoms with Crippen LogP contribution in [0.1, 0.15) is 195 Å². The summed E-state index contributed by atoms with van der Waals surface area (Å²) in [5, 5.41) is 11.2. The average Bonchev–Trinajstić information content (AvgIpc) is 2.88. The molecule has 0 spiro atoms. The van der Waals surface area contributed by atoms with E-state index in [1.165, 1.54) is 57.8 Å². The fraction of sp³-hybridized carbons (Fsp3) is 0.838. The number of aromatic hydroxyl groups is 1. The van der Waals surface area contributed by atoms with Crippen molar-refractivity contribution in [2.75, 3.05) is 0 Å². The molecule has 0 heterocycles. The minimum atomic E-state index is -3.96. The van der Waals surface area contributed by atoms with Crippen LogP contribution in [0.15, 0.2) is 12.1 Å². The largest absolute Gasteiger partial charge is 0.507 e. The fourth-order valence-electron chi connectivity index (χ4n) is 6.16. The summed E-state index contributed by atoms with van der Waals surface area (Å²) in [4.78, 5) is 11.5. The van der Waals surface area contributed by atoms with Gasteiger partial charge in [0.05, 0.1) is 11.8 Å². The van der Waals surface area contributed by atoms with Crippen LogP contribution in [0.3, 0.4) is 0 Å². The summed E-state index contributed by atoms with van der Waals surface area (Å²) >= 11 is 0. The third-order valence-corrected chi connectivity index (χ3v) is 10.1. The molecule has 1 atom stereocenters. The Morgan fingerprint density at radius 3 is 1.31 bits per heavy atom. The maximum absolute atomic E-state index is 14.1. The topological polar surface area (TPSA) is 66.8 Å². The van der Waals surface area contributed by atoms with E-state index in [2.05, 4.69) is 62.3 Å². The molecule has 2 N–H and O–H groups in total. The van der Waals surface area contributed by atoms with Crippen LogP contribution >= 0.6 is 7.60 Å². The smallest absolute Gasteiger partial charge is 0.333 e. The molecule has 1 aromatic carbocycles. The number of rotatable bonds is 22. The van der Waals surface area contributed by atoms with Gasteiger partial charge in [-0.25, -0.2) is 0 Å². The van der Waals surface area contributed by atoms with Gasteiger partial charge in [-0.3, -0.25) is 4.57 Å². The molecule has 0 saturated heterocycles. The first kappa shape index (κ1) is 39.2. The van der Waals surface area contributed by atoms with Gasteiger partial charge in [0, 0.05) is 0 Å². The highest BCUT2D eigenvalue weighted by atomic mass is 31.2. The molecular weight excluding hydrogens is 539 g/mol. The molecule has 0 fully saturated rings. The van der Waals surface area contributed by atoms with E-state index < -0.39 is 13.2 Å². The highest BCUT2D eigenvalue weighted by molar-refractivity contribution is 7.52. The molecule has 0 aromatic heterocycles. The predicted molar refractivity (Wildman–Crippen MR) is 183 cm³/mol. The fourth-order valence-corrected chi connectivity index (χ4v) is 7.75. The van der Waals surface area contributed by atoms with Crippen molar-refractivity contribution in [3.8, 4) is 5.75 Å². The third kappa shape index (κ3) is 14.8. The number of benzene rings is 1. The average molecular weight is 609 g/mol. The Morgan fingerprint density at radius 2 is 0.952 bits per heavy atom. The van der Waals surface area contributed by atoms with Crippen LogP contribution in [0.25, 0.3) is 0 Å². The molecular formula is C37H69O4P. The Labute approximate surface area is 261 Å². The van der Waals surface area contributed by atoms with Crippen LogP contribution in [-0.4, -0.2) is 15.6 Å². The molecule has 0 aliphatic carbocycles. The Bertz CT molecular complexity index is 878. The number of phenolic OH excluding ortho intramolecular Hbond substituents is 1. The minimum absolute atomic E-state index is 0.0257. The lowest BCUT2D eigenvalue weighted by Crippen LogP contribution is -2.32. The summed E-state index contributed by atoms with van der Waals surface area (Å²) in [6.45, 7) is 19.2. The predicted octanol–water partition coefficient (Wildman–Crippen LogP) is 12.5. The molecule has 42 heavy (non-hydrogen) atoms. The van der Waals surface area contributed by atoms with Crippen molar-refractivity contribution in [2.24, 2.45) is 0 Å². The van der Waals surface area contributed by atoms with Gasteiger partial charge in [-0.2, -0.15) is 0 Å². The van der Waals surface area contributed by atoms with E-state index in [1.54, 1.807) is 0 Å². The summed E-state index contributed by atoms with van der Waals surface area (Å²) in [5.41, 5.74) is 1.28. The van der Waals surface area contributed by atoms with Gasteiger partial charge in [-0.1, -0.05) is 171 Å². The van der Waals surface area contributed by atoms with E-state index in [9.17, 15) is 14.6 Å². The van der Waals surface area contributed by atoms with Gasteiger partial charge in [0.2, 0.25) is 0 Å². The van der Waals surface area contributed by atoms with Crippen LogP contribution in [0.2, 0.25) is 0 Å². The summed E-state index contributed by atoms with van der Waals surface area (Å²) in [7, 11) is -3.96. The molecule has 4 nitrogen and oxygen atoms in total. The molecule has 1 unspecified atom stereocenters. The van der Waals surface area contributed by atoms with E-state index in [1.807, 2.05) is 12.1 Å². The van der Waals surface area contributed by atoms with Gasteiger partial charge in [-0.15, -0.1) is 0 Å². The Balaban J connectivity index is 3.31. The third-order valence-electron chi connectivity index (χ3n) is 8.71. The molecule has 5 heteroatoms. The van der Waals surface area contributed by atoms with Crippen LogP contribution in [0.4, 0.5) is 0 Å². The zero-order chi connectivity index (χ0) is 31.9. The Kier molecular flexibility index (Phi) is 17.6. The van der Waals surface area contributed by atoms with Crippen molar-refractivity contribution in [2.45, 2.75) is 200 Å². The Hall–Kier alpha value is -0.830. The van der Waals surface area contributed by atoms with Gasteiger partial charge in [0.15, 0.2) is 0 Å². The van der Waals surface area contributed by atoms with Crippen molar-refractivity contribution >= 4 is 7.60 Å². The van der Waals surface area contributed by atoms with E-state index in [4.69, 9.17) is 4.52 Å². The van der Waals surface area contributed by atoms with Crippen LogP contribution in [0, 0.1) is 0 Å². The highest BCUT2D eigenvalue weighted by Crippen LogP contribution is 2.54. The molecule has 0 aliphatic rings. The SMILES string of the molecule is CCCCCCCCCC(CCCCCC)(CCCCCC)OP(=O)(O)Cc1cc(C(C)(C)C)c(O)c(C(C)(C)C)c1. The molecule has 0 radical (unpaired) electrons. The molecule has 0 aliphatic heterocycles. The zero-order valence-corrected chi connectivity index (χ0v) is 30.1. The number of phenols is 1. The first-order valence-electron chi connectivity index (χ1n) is 17.5. The summed E-state index contributed by atoms with van der Waals surface area (Å²) in [5.74, 6) is 0.299. The lowest BCUT2D eigenvalue weighted by Gasteiger charge is -2.36. The van der Waals surface area contributed by atoms with Gasteiger partial charge in [0.25, 0.3) is 0 Å². The molecule has 0 saturated carbocycles. The van der Waals surface area contributed by atoms with Crippen molar-refractivity contribution in [1.29, 1.82) is 0 Å². The second-order valence-corrected chi connectivity index (χ2v) is 16.9. The Morgan fingerprint density at radius 1 is 0.619 bits per heavy atom. The normalized spacial score (nSPS) is 14.3. The monoisotopic (exact) mass is 608 g/mol. The van der Waals surface area contributed by atoms with Gasteiger partial charge >= 0.3 is 7.60 Å².